The fourth-order valence-electron chi connectivity index (χ4n) is 1.72. The summed E-state index contributed by atoms with van der Waals surface area (Å²) in [6, 6.07) is 5.48. The summed E-state index contributed by atoms with van der Waals surface area (Å²) in [6.45, 7) is 3.20. The molecule has 1 atom stereocenters. The normalized spacial score (nSPS) is 11.2. The Labute approximate surface area is 117 Å². The number of nitrogens with zero attached hydrogens (tertiary/aromatic N) is 1. The molecule has 0 fully saturated rings. The molecular weight excluding hydrogens is 260 g/mol. The molecule has 0 radical (unpaired) electrons. The number of rotatable bonds is 5. The second-order valence-electron chi connectivity index (χ2n) is 4.17. The standard InChI is InChI=1S/C14H16N2O4/c1-3-20-14(19)12(16-9(2)17)7-10-4-5-13(18)11(6-10)8-15/h4-6,12,18H,3,7H2,1-2H3,(H,16,17). The number of nitriles is 1. The molecular formula is C14H16N2O4. The first kappa shape index (κ1) is 15.5. The van der Waals surface area contributed by atoms with Crippen LogP contribution in [0.1, 0.15) is 25.0 Å². The zero-order valence-corrected chi connectivity index (χ0v) is 11.3. The zero-order valence-electron chi connectivity index (χ0n) is 11.3. The Bertz CT molecular complexity index is 549. The van der Waals surface area contributed by atoms with Gasteiger partial charge in [-0.25, -0.2) is 4.79 Å². The highest BCUT2D eigenvalue weighted by atomic mass is 16.5. The third kappa shape index (κ3) is 4.28. The number of nitrogens with one attached hydrogen (secondary N) is 1. The van der Waals surface area contributed by atoms with E-state index in [-0.39, 0.29) is 30.2 Å². The third-order valence-electron chi connectivity index (χ3n) is 2.57. The van der Waals surface area contributed by atoms with Crippen LogP contribution < -0.4 is 5.32 Å². The van der Waals surface area contributed by atoms with Crippen LogP contribution in [0.15, 0.2) is 18.2 Å². The van der Waals surface area contributed by atoms with E-state index < -0.39 is 12.0 Å². The van der Waals surface area contributed by atoms with Crippen molar-refractivity contribution in [2.45, 2.75) is 26.3 Å². The van der Waals surface area contributed by atoms with Crippen LogP contribution in [0.25, 0.3) is 0 Å². The lowest BCUT2D eigenvalue weighted by Crippen LogP contribution is -2.42. The van der Waals surface area contributed by atoms with Gasteiger partial charge >= 0.3 is 5.97 Å². The van der Waals surface area contributed by atoms with Gasteiger partial charge in [-0.3, -0.25) is 4.79 Å². The van der Waals surface area contributed by atoms with Crippen LogP contribution in [-0.2, 0) is 20.7 Å². The molecule has 1 aromatic carbocycles. The molecule has 0 heterocycles. The summed E-state index contributed by atoms with van der Waals surface area (Å²) >= 11 is 0. The summed E-state index contributed by atoms with van der Waals surface area (Å²) in [5, 5.41) is 20.8. The predicted octanol–water partition coefficient (Wildman–Crippen LogP) is 0.874. The second kappa shape index (κ2) is 7.14. The number of benzene rings is 1. The van der Waals surface area contributed by atoms with E-state index in [9.17, 15) is 14.7 Å². The van der Waals surface area contributed by atoms with Crippen LogP contribution in [-0.4, -0.2) is 29.6 Å². The molecule has 0 saturated heterocycles. The molecule has 0 bridgehead atoms. The van der Waals surface area contributed by atoms with Gasteiger partial charge in [0, 0.05) is 13.3 Å². The van der Waals surface area contributed by atoms with E-state index in [1.54, 1.807) is 13.0 Å². The molecule has 6 nitrogen and oxygen atoms in total. The van der Waals surface area contributed by atoms with E-state index in [2.05, 4.69) is 5.32 Å². The molecule has 0 aliphatic heterocycles. The Morgan fingerprint density at radius 2 is 2.20 bits per heavy atom. The van der Waals surface area contributed by atoms with Crippen molar-refractivity contribution in [3.8, 4) is 11.8 Å². The molecule has 2 N–H and O–H groups in total. The molecule has 106 valence electrons. The van der Waals surface area contributed by atoms with Gasteiger partial charge in [-0.1, -0.05) is 6.07 Å². The van der Waals surface area contributed by atoms with Crippen molar-refractivity contribution in [3.05, 3.63) is 29.3 Å². The lowest BCUT2D eigenvalue weighted by atomic mass is 10.0. The van der Waals surface area contributed by atoms with Crippen LogP contribution in [0.3, 0.4) is 0 Å². The SMILES string of the molecule is CCOC(=O)C(Cc1ccc(O)c(C#N)c1)NC(C)=O. The number of phenols is 1. The maximum absolute atomic E-state index is 11.8. The first-order valence-electron chi connectivity index (χ1n) is 6.13. The van der Waals surface area contributed by atoms with E-state index in [0.29, 0.717) is 5.56 Å². The summed E-state index contributed by atoms with van der Waals surface area (Å²) in [4.78, 5) is 22.9. The van der Waals surface area contributed by atoms with Gasteiger partial charge in [0.15, 0.2) is 0 Å². The summed E-state index contributed by atoms with van der Waals surface area (Å²) in [6.07, 6.45) is 0.188. The van der Waals surface area contributed by atoms with Crippen molar-refractivity contribution >= 4 is 11.9 Å². The second-order valence-corrected chi connectivity index (χ2v) is 4.17. The lowest BCUT2D eigenvalue weighted by molar-refractivity contribution is -0.147. The lowest BCUT2D eigenvalue weighted by Gasteiger charge is -2.16. The Morgan fingerprint density at radius 3 is 2.75 bits per heavy atom. The number of hydrogen-bond acceptors (Lipinski definition) is 5. The number of aromatic hydroxyl groups is 1. The Hall–Kier alpha value is -2.55. The van der Waals surface area contributed by atoms with Crippen molar-refractivity contribution in [1.29, 1.82) is 5.26 Å². The number of carbonyl (C=O) groups excluding carboxylic acids is 2. The quantitative estimate of drug-likeness (QED) is 0.777. The van der Waals surface area contributed by atoms with Gasteiger partial charge in [-0.15, -0.1) is 0 Å². The summed E-state index contributed by atoms with van der Waals surface area (Å²) < 4.78 is 4.89. The van der Waals surface area contributed by atoms with E-state index in [0.717, 1.165) is 0 Å². The third-order valence-corrected chi connectivity index (χ3v) is 2.57. The molecule has 1 aromatic rings. The molecule has 0 aliphatic carbocycles. The first-order chi connectivity index (χ1) is 9.47. The van der Waals surface area contributed by atoms with Crippen molar-refractivity contribution in [1.82, 2.24) is 5.32 Å². The molecule has 1 unspecified atom stereocenters. The minimum absolute atomic E-state index is 0.118. The van der Waals surface area contributed by atoms with Crippen LogP contribution in [0.4, 0.5) is 0 Å². The monoisotopic (exact) mass is 276 g/mol. The van der Waals surface area contributed by atoms with E-state index in [4.69, 9.17) is 10.00 Å². The molecule has 1 rings (SSSR count). The van der Waals surface area contributed by atoms with Crippen LogP contribution in [0.5, 0.6) is 5.75 Å². The van der Waals surface area contributed by atoms with Gasteiger partial charge in [-0.2, -0.15) is 5.26 Å². The average molecular weight is 276 g/mol. The number of amides is 1. The molecule has 0 saturated carbocycles. The highest BCUT2D eigenvalue weighted by Gasteiger charge is 2.21. The zero-order chi connectivity index (χ0) is 15.1. The van der Waals surface area contributed by atoms with Crippen molar-refractivity contribution < 1.29 is 19.4 Å². The molecule has 1 amide bonds. The predicted molar refractivity (Wildman–Crippen MR) is 70.8 cm³/mol. The minimum Gasteiger partial charge on any atom is -0.507 e. The number of phenolic OH excluding ortho intramolecular Hbond substituents is 1. The van der Waals surface area contributed by atoms with Gasteiger partial charge in [0.05, 0.1) is 12.2 Å². The van der Waals surface area contributed by atoms with Crippen molar-refractivity contribution in [2.75, 3.05) is 6.61 Å². The van der Waals surface area contributed by atoms with Crippen LogP contribution in [0.2, 0.25) is 0 Å². The Balaban J connectivity index is 2.92. The fraction of sp³-hybridized carbons (Fsp3) is 0.357. The smallest absolute Gasteiger partial charge is 0.328 e. The minimum atomic E-state index is -0.816. The molecule has 0 aliphatic rings. The van der Waals surface area contributed by atoms with Crippen LogP contribution >= 0.6 is 0 Å². The number of esters is 1. The topological polar surface area (TPSA) is 99.4 Å². The maximum atomic E-state index is 11.8. The van der Waals surface area contributed by atoms with E-state index >= 15 is 0 Å². The van der Waals surface area contributed by atoms with Gasteiger partial charge in [-0.05, 0) is 24.6 Å². The molecule has 20 heavy (non-hydrogen) atoms. The largest absolute Gasteiger partial charge is 0.507 e. The van der Waals surface area contributed by atoms with Crippen molar-refractivity contribution in [2.24, 2.45) is 0 Å². The molecule has 6 heteroatoms. The summed E-state index contributed by atoms with van der Waals surface area (Å²) in [5.41, 5.74) is 0.763. The number of ether oxygens (including phenoxy) is 1. The van der Waals surface area contributed by atoms with Gasteiger partial charge < -0.3 is 15.2 Å². The summed E-state index contributed by atoms with van der Waals surface area (Å²) in [5.74, 6) is -1.000. The van der Waals surface area contributed by atoms with E-state index in [1.165, 1.54) is 19.1 Å². The van der Waals surface area contributed by atoms with E-state index in [1.807, 2.05) is 6.07 Å². The van der Waals surface area contributed by atoms with Gasteiger partial charge in [0.1, 0.15) is 17.9 Å². The van der Waals surface area contributed by atoms with Crippen molar-refractivity contribution in [3.63, 3.8) is 0 Å². The maximum Gasteiger partial charge on any atom is 0.328 e. The highest BCUT2D eigenvalue weighted by Crippen LogP contribution is 2.18. The first-order valence-corrected chi connectivity index (χ1v) is 6.13. The van der Waals surface area contributed by atoms with Gasteiger partial charge in [0.25, 0.3) is 0 Å². The highest BCUT2D eigenvalue weighted by molar-refractivity contribution is 5.83. The summed E-state index contributed by atoms with van der Waals surface area (Å²) in [7, 11) is 0. The number of carbonyl (C=O) groups is 2. The Kier molecular flexibility index (Phi) is 5.54. The average Bonchev–Trinajstić information content (AvgIpc) is 2.39. The number of hydrogen-bond donors (Lipinski definition) is 2. The molecule has 0 aromatic heterocycles. The molecule has 0 spiro atoms. The van der Waals surface area contributed by atoms with Gasteiger partial charge in [0.2, 0.25) is 5.91 Å². The van der Waals surface area contributed by atoms with Crippen LogP contribution in [0, 0.1) is 11.3 Å². The Morgan fingerprint density at radius 1 is 1.50 bits per heavy atom. The fourth-order valence-corrected chi connectivity index (χ4v) is 1.72.